The zero-order valence-corrected chi connectivity index (χ0v) is 14.9. The van der Waals surface area contributed by atoms with Crippen molar-refractivity contribution in [1.29, 1.82) is 0 Å². The van der Waals surface area contributed by atoms with E-state index in [4.69, 9.17) is 11.6 Å². The predicted octanol–water partition coefficient (Wildman–Crippen LogP) is 4.89. The first-order valence-electron chi connectivity index (χ1n) is 6.97. The number of nitrogens with one attached hydrogen (secondary N) is 1. The summed E-state index contributed by atoms with van der Waals surface area (Å²) in [6.07, 6.45) is 7.27. The van der Waals surface area contributed by atoms with E-state index in [9.17, 15) is 0 Å². The van der Waals surface area contributed by atoms with Crippen molar-refractivity contribution in [3.63, 3.8) is 0 Å². The minimum absolute atomic E-state index is 0. The molecule has 0 amide bonds. The van der Waals surface area contributed by atoms with Gasteiger partial charge in [-0.3, -0.25) is 0 Å². The Labute approximate surface area is 156 Å². The second kappa shape index (κ2) is 7.71. The fourth-order valence-electron chi connectivity index (χ4n) is 2.75. The van der Waals surface area contributed by atoms with Crippen LogP contribution in [-0.2, 0) is 0 Å². The van der Waals surface area contributed by atoms with Crippen LogP contribution in [0.15, 0.2) is 67.5 Å². The molecule has 2 aromatic heterocycles. The standard InChI is InChI=1S/C17H13ClN4.2ClH/c18-14-3-1-2-12(8-14)17(22-7-6-19-11-22)13-4-5-15-16(9-13)21-10-20-15;;/h1-11,17H,(H,20,21);2*1H. The number of H-pyrrole nitrogens is 1. The number of hydrogen-bond acceptors (Lipinski definition) is 2. The minimum Gasteiger partial charge on any atom is -0.345 e. The maximum Gasteiger partial charge on any atom is 0.0954 e. The lowest BCUT2D eigenvalue weighted by Crippen LogP contribution is -2.10. The first-order chi connectivity index (χ1) is 10.8. The molecule has 0 aliphatic carbocycles. The molecule has 0 aliphatic heterocycles. The molecule has 124 valence electrons. The molecular formula is C17H15Cl3N4. The van der Waals surface area contributed by atoms with Gasteiger partial charge in [0.1, 0.15) is 0 Å². The van der Waals surface area contributed by atoms with Crippen molar-refractivity contribution in [3.05, 3.63) is 83.7 Å². The van der Waals surface area contributed by atoms with E-state index >= 15 is 0 Å². The van der Waals surface area contributed by atoms with E-state index in [0.29, 0.717) is 0 Å². The fourth-order valence-corrected chi connectivity index (χ4v) is 2.95. The van der Waals surface area contributed by atoms with Crippen molar-refractivity contribution in [3.8, 4) is 0 Å². The summed E-state index contributed by atoms with van der Waals surface area (Å²) in [5, 5.41) is 0.725. The smallest absolute Gasteiger partial charge is 0.0954 e. The second-order valence-corrected chi connectivity index (χ2v) is 5.58. The summed E-state index contributed by atoms with van der Waals surface area (Å²) in [4.78, 5) is 11.6. The minimum atomic E-state index is 0. The van der Waals surface area contributed by atoms with Crippen LogP contribution in [0.2, 0.25) is 5.02 Å². The van der Waals surface area contributed by atoms with E-state index in [1.54, 1.807) is 12.5 Å². The Kier molecular flexibility index (Phi) is 5.89. The summed E-state index contributed by atoms with van der Waals surface area (Å²) < 4.78 is 2.07. The van der Waals surface area contributed by atoms with Crippen LogP contribution in [0.3, 0.4) is 0 Å². The van der Waals surface area contributed by atoms with Crippen LogP contribution in [0.5, 0.6) is 0 Å². The van der Waals surface area contributed by atoms with Gasteiger partial charge in [0, 0.05) is 17.4 Å². The maximum absolute atomic E-state index is 6.17. The molecule has 1 N–H and O–H groups in total. The number of halogens is 3. The van der Waals surface area contributed by atoms with E-state index in [0.717, 1.165) is 27.2 Å². The molecule has 2 aromatic carbocycles. The van der Waals surface area contributed by atoms with Gasteiger partial charge in [0.25, 0.3) is 0 Å². The summed E-state index contributed by atoms with van der Waals surface area (Å²) in [6.45, 7) is 0. The quantitative estimate of drug-likeness (QED) is 0.549. The van der Waals surface area contributed by atoms with E-state index in [-0.39, 0.29) is 30.9 Å². The van der Waals surface area contributed by atoms with Gasteiger partial charge >= 0.3 is 0 Å². The van der Waals surface area contributed by atoms with Gasteiger partial charge in [-0.15, -0.1) is 24.8 Å². The second-order valence-electron chi connectivity index (χ2n) is 5.15. The van der Waals surface area contributed by atoms with Crippen LogP contribution in [0.25, 0.3) is 11.0 Å². The lowest BCUT2D eigenvalue weighted by Gasteiger charge is -2.20. The maximum atomic E-state index is 6.17. The van der Waals surface area contributed by atoms with Crippen LogP contribution in [0, 0.1) is 0 Å². The van der Waals surface area contributed by atoms with Crippen molar-refractivity contribution >= 4 is 47.4 Å². The lowest BCUT2D eigenvalue weighted by atomic mass is 9.98. The van der Waals surface area contributed by atoms with Gasteiger partial charge < -0.3 is 9.55 Å². The highest BCUT2D eigenvalue weighted by molar-refractivity contribution is 6.30. The largest absolute Gasteiger partial charge is 0.345 e. The van der Waals surface area contributed by atoms with Crippen LogP contribution in [0.4, 0.5) is 0 Å². The average molecular weight is 382 g/mol. The van der Waals surface area contributed by atoms with E-state index in [1.165, 1.54) is 0 Å². The number of nitrogens with zero attached hydrogens (tertiary/aromatic N) is 3. The zero-order chi connectivity index (χ0) is 14.9. The molecule has 7 heteroatoms. The van der Waals surface area contributed by atoms with Gasteiger partial charge in [0.2, 0.25) is 0 Å². The zero-order valence-electron chi connectivity index (χ0n) is 12.5. The van der Waals surface area contributed by atoms with E-state index in [2.05, 4.69) is 37.7 Å². The lowest BCUT2D eigenvalue weighted by molar-refractivity contribution is 0.677. The average Bonchev–Trinajstić information content (AvgIpc) is 3.18. The van der Waals surface area contributed by atoms with Crippen LogP contribution >= 0.6 is 36.4 Å². The summed E-state index contributed by atoms with van der Waals surface area (Å²) in [7, 11) is 0. The summed E-state index contributed by atoms with van der Waals surface area (Å²) in [6, 6.07) is 14.2. The van der Waals surface area contributed by atoms with Gasteiger partial charge in [-0.2, -0.15) is 0 Å². The predicted molar refractivity (Wildman–Crippen MR) is 102 cm³/mol. The Morgan fingerprint density at radius 3 is 2.62 bits per heavy atom. The van der Waals surface area contributed by atoms with Crippen molar-refractivity contribution in [1.82, 2.24) is 19.5 Å². The number of aromatic nitrogens is 4. The molecule has 4 nitrogen and oxygen atoms in total. The summed E-state index contributed by atoms with van der Waals surface area (Å²) >= 11 is 6.17. The third-order valence-corrected chi connectivity index (χ3v) is 3.98. The molecular weight excluding hydrogens is 367 g/mol. The molecule has 24 heavy (non-hydrogen) atoms. The molecule has 0 saturated heterocycles. The number of rotatable bonds is 3. The monoisotopic (exact) mass is 380 g/mol. The highest BCUT2D eigenvalue weighted by atomic mass is 35.5. The molecule has 1 unspecified atom stereocenters. The number of fused-ring (bicyclic) bond motifs is 1. The molecule has 2 heterocycles. The van der Waals surface area contributed by atoms with Gasteiger partial charge in [0.15, 0.2) is 0 Å². The van der Waals surface area contributed by atoms with E-state index in [1.807, 2.05) is 36.8 Å². The van der Waals surface area contributed by atoms with Crippen molar-refractivity contribution in [2.75, 3.05) is 0 Å². The Bertz CT molecular complexity index is 918. The van der Waals surface area contributed by atoms with Gasteiger partial charge in [-0.25, -0.2) is 9.97 Å². The highest BCUT2D eigenvalue weighted by Crippen LogP contribution is 2.29. The number of hydrogen-bond donors (Lipinski definition) is 1. The first-order valence-corrected chi connectivity index (χ1v) is 7.35. The Morgan fingerprint density at radius 1 is 1.04 bits per heavy atom. The molecule has 0 fully saturated rings. The normalized spacial score (nSPS) is 11.5. The van der Waals surface area contributed by atoms with Crippen molar-refractivity contribution in [2.45, 2.75) is 6.04 Å². The third-order valence-electron chi connectivity index (χ3n) is 3.75. The molecule has 0 spiro atoms. The number of aromatic amines is 1. The van der Waals surface area contributed by atoms with Gasteiger partial charge in [-0.05, 0) is 35.4 Å². The Morgan fingerprint density at radius 2 is 1.88 bits per heavy atom. The molecule has 4 aromatic rings. The van der Waals surface area contributed by atoms with Crippen molar-refractivity contribution < 1.29 is 0 Å². The van der Waals surface area contributed by atoms with Crippen LogP contribution in [-0.4, -0.2) is 19.5 Å². The molecule has 0 saturated carbocycles. The van der Waals surface area contributed by atoms with Crippen molar-refractivity contribution in [2.24, 2.45) is 0 Å². The summed E-state index contributed by atoms with van der Waals surface area (Å²) in [5.41, 5.74) is 4.23. The molecule has 0 aliphatic rings. The topological polar surface area (TPSA) is 46.5 Å². The molecule has 4 rings (SSSR count). The highest BCUT2D eigenvalue weighted by Gasteiger charge is 2.17. The first kappa shape index (κ1) is 18.3. The molecule has 1 atom stereocenters. The van der Waals surface area contributed by atoms with E-state index < -0.39 is 0 Å². The molecule has 0 radical (unpaired) electrons. The van der Waals surface area contributed by atoms with Crippen LogP contribution in [0.1, 0.15) is 17.2 Å². The SMILES string of the molecule is Cl.Cl.Clc1cccc(C(c2ccc3[nH]cnc3c2)n2ccnc2)c1. The Hall–Kier alpha value is -2.01. The number of imidazole rings is 2. The Balaban J connectivity index is 0.00000104. The molecule has 0 bridgehead atoms. The van der Waals surface area contributed by atoms with Crippen LogP contribution < -0.4 is 0 Å². The summed E-state index contributed by atoms with van der Waals surface area (Å²) in [5.74, 6) is 0. The van der Waals surface area contributed by atoms with Gasteiger partial charge in [0.05, 0.1) is 29.7 Å². The fraction of sp³-hybridized carbons (Fsp3) is 0.0588. The third kappa shape index (κ3) is 3.41. The number of benzene rings is 2. The van der Waals surface area contributed by atoms with Gasteiger partial charge in [-0.1, -0.05) is 29.8 Å².